The molecule has 7 nitrogen and oxygen atoms in total. The molecule has 0 saturated carbocycles. The first kappa shape index (κ1) is 21.6. The summed E-state index contributed by atoms with van der Waals surface area (Å²) in [5.74, 6) is -0.398. The number of likely N-dealkylation sites (tertiary alicyclic amines) is 1. The quantitative estimate of drug-likeness (QED) is 0.640. The number of hydrogen-bond donors (Lipinski definition) is 2. The number of hydrogen-bond acceptors (Lipinski definition) is 5. The number of anilines is 1. The maximum atomic E-state index is 14.0. The first-order valence-electron chi connectivity index (χ1n) is 11.5. The molecule has 5 rings (SSSR count). The van der Waals surface area contributed by atoms with Crippen LogP contribution in [0.25, 0.3) is 10.8 Å². The summed E-state index contributed by atoms with van der Waals surface area (Å²) in [5.41, 5.74) is 2.03. The van der Waals surface area contributed by atoms with Gasteiger partial charge in [0.05, 0.1) is 17.3 Å². The minimum atomic E-state index is -0.474. The molecule has 2 saturated heterocycles. The number of carbonyl (C=O) groups is 1. The molecule has 0 aliphatic carbocycles. The van der Waals surface area contributed by atoms with Crippen molar-refractivity contribution in [2.45, 2.75) is 31.2 Å². The fourth-order valence-electron chi connectivity index (χ4n) is 5.22. The van der Waals surface area contributed by atoms with Gasteiger partial charge in [-0.3, -0.25) is 14.5 Å². The van der Waals surface area contributed by atoms with E-state index in [1.54, 1.807) is 31.4 Å². The molecule has 1 amide bonds. The zero-order chi connectivity index (χ0) is 22.9. The summed E-state index contributed by atoms with van der Waals surface area (Å²) in [6.07, 6.45) is 4.88. The van der Waals surface area contributed by atoms with Gasteiger partial charge in [0.15, 0.2) is 0 Å². The molecule has 2 fully saturated rings. The van der Waals surface area contributed by atoms with Crippen molar-refractivity contribution in [2.75, 3.05) is 38.1 Å². The molecule has 2 aliphatic heterocycles. The first-order valence-corrected chi connectivity index (χ1v) is 11.5. The molecule has 0 spiro atoms. The third-order valence-corrected chi connectivity index (χ3v) is 7.05. The summed E-state index contributed by atoms with van der Waals surface area (Å²) in [7, 11) is 1.60. The second-order valence-electron chi connectivity index (χ2n) is 8.94. The number of nitrogens with zero attached hydrogens (tertiary/aromatic N) is 3. The molecule has 2 aliphatic rings. The normalized spacial score (nSPS) is 19.8. The van der Waals surface area contributed by atoms with Crippen molar-refractivity contribution in [1.29, 1.82) is 0 Å². The number of nitrogens with one attached hydrogen (secondary N) is 2. The van der Waals surface area contributed by atoms with Gasteiger partial charge in [0, 0.05) is 44.3 Å². The molecule has 2 aromatic heterocycles. The van der Waals surface area contributed by atoms with Crippen molar-refractivity contribution < 1.29 is 9.18 Å². The fraction of sp³-hybridized carbons (Fsp3) is 0.400. The van der Waals surface area contributed by atoms with Crippen molar-refractivity contribution in [2.24, 2.45) is 0 Å². The van der Waals surface area contributed by atoms with Crippen LogP contribution in [-0.4, -0.2) is 60.0 Å². The van der Waals surface area contributed by atoms with E-state index in [0.29, 0.717) is 17.1 Å². The Morgan fingerprint density at radius 1 is 1.15 bits per heavy atom. The van der Waals surface area contributed by atoms with Crippen LogP contribution < -0.4 is 15.8 Å². The lowest BCUT2D eigenvalue weighted by Gasteiger charge is -2.37. The molecular weight excluding hydrogens is 421 g/mol. The monoisotopic (exact) mass is 449 g/mol. The Bertz CT molecular complexity index is 1220. The fourth-order valence-corrected chi connectivity index (χ4v) is 5.22. The molecule has 8 heteroatoms. The predicted octanol–water partition coefficient (Wildman–Crippen LogP) is 2.88. The van der Waals surface area contributed by atoms with Gasteiger partial charge in [0.2, 0.25) is 0 Å². The van der Waals surface area contributed by atoms with Gasteiger partial charge in [-0.25, -0.2) is 9.37 Å². The van der Waals surface area contributed by atoms with E-state index in [0.717, 1.165) is 56.8 Å². The summed E-state index contributed by atoms with van der Waals surface area (Å²) in [6, 6.07) is 10.9. The van der Waals surface area contributed by atoms with Crippen LogP contribution in [-0.2, 0) is 0 Å². The average Bonchev–Trinajstić information content (AvgIpc) is 3.34. The number of benzene rings is 1. The Kier molecular flexibility index (Phi) is 5.85. The molecule has 0 radical (unpaired) electrons. The van der Waals surface area contributed by atoms with Gasteiger partial charge in [-0.15, -0.1) is 0 Å². The number of piperidine rings is 1. The third kappa shape index (κ3) is 4.23. The highest BCUT2D eigenvalue weighted by atomic mass is 19.1. The van der Waals surface area contributed by atoms with Crippen LogP contribution in [0.4, 0.5) is 10.1 Å². The van der Waals surface area contributed by atoms with Crippen LogP contribution in [0.15, 0.2) is 47.4 Å². The molecule has 1 unspecified atom stereocenters. The maximum absolute atomic E-state index is 14.0. The predicted molar refractivity (Wildman–Crippen MR) is 126 cm³/mol. The van der Waals surface area contributed by atoms with E-state index in [1.807, 2.05) is 12.1 Å². The SMILES string of the molecule is CNC(=O)c1ccc(N2CCC(N3CCC(c4cc5cccc(F)c5c(=O)[nH]4)C3)CC2)cn1. The lowest BCUT2D eigenvalue weighted by atomic mass is 10.0. The molecule has 3 aromatic rings. The van der Waals surface area contributed by atoms with Gasteiger partial charge in [0.1, 0.15) is 11.5 Å². The van der Waals surface area contributed by atoms with E-state index in [4.69, 9.17) is 0 Å². The molecule has 172 valence electrons. The van der Waals surface area contributed by atoms with Gasteiger partial charge in [-0.2, -0.15) is 0 Å². The number of halogens is 1. The largest absolute Gasteiger partial charge is 0.370 e. The zero-order valence-electron chi connectivity index (χ0n) is 18.7. The Labute approximate surface area is 191 Å². The van der Waals surface area contributed by atoms with Crippen molar-refractivity contribution in [1.82, 2.24) is 20.2 Å². The molecule has 2 N–H and O–H groups in total. The van der Waals surface area contributed by atoms with Crippen LogP contribution in [0.3, 0.4) is 0 Å². The summed E-state index contributed by atoms with van der Waals surface area (Å²) >= 11 is 0. The first-order chi connectivity index (χ1) is 16.0. The lowest BCUT2D eigenvalue weighted by Crippen LogP contribution is -2.44. The van der Waals surface area contributed by atoms with E-state index in [2.05, 4.69) is 25.1 Å². The minimum absolute atomic E-state index is 0.140. The standard InChI is InChI=1S/C25H28FN5O2/c1-27-24(32)21-6-5-19(14-28-21)30-11-8-18(9-12-30)31-10-7-17(15-31)22-13-16-3-2-4-20(26)23(16)25(33)29-22/h2-6,13-14,17-18H,7-12,15H2,1H3,(H,27,32)(H,29,33). The molecule has 4 heterocycles. The summed E-state index contributed by atoms with van der Waals surface area (Å²) in [4.78, 5) is 36.2. The smallest absolute Gasteiger partial charge is 0.269 e. The van der Waals surface area contributed by atoms with Gasteiger partial charge in [-0.1, -0.05) is 12.1 Å². The van der Waals surface area contributed by atoms with Gasteiger partial charge < -0.3 is 15.2 Å². The number of aromatic amines is 1. The van der Waals surface area contributed by atoms with Crippen molar-refractivity contribution in [3.05, 3.63) is 70.2 Å². The van der Waals surface area contributed by atoms with Gasteiger partial charge in [-0.05, 0) is 55.5 Å². The Morgan fingerprint density at radius 2 is 1.97 bits per heavy atom. The number of carbonyl (C=O) groups excluding carboxylic acids is 1. The molecule has 0 bridgehead atoms. The second-order valence-corrected chi connectivity index (χ2v) is 8.94. The van der Waals surface area contributed by atoms with E-state index < -0.39 is 5.82 Å². The number of aromatic nitrogens is 2. The second kappa shape index (κ2) is 8.94. The van der Waals surface area contributed by atoms with Gasteiger partial charge >= 0.3 is 0 Å². The molecule has 33 heavy (non-hydrogen) atoms. The van der Waals surface area contributed by atoms with Crippen LogP contribution in [0.1, 0.15) is 41.4 Å². The number of rotatable bonds is 4. The average molecular weight is 450 g/mol. The van der Waals surface area contributed by atoms with E-state index in [9.17, 15) is 14.0 Å². The van der Waals surface area contributed by atoms with Crippen LogP contribution in [0.2, 0.25) is 0 Å². The minimum Gasteiger partial charge on any atom is -0.370 e. The highest BCUT2D eigenvalue weighted by Crippen LogP contribution is 2.31. The molecular formula is C25H28FN5O2. The Hall–Kier alpha value is -3.26. The van der Waals surface area contributed by atoms with Crippen molar-refractivity contribution in [3.8, 4) is 0 Å². The lowest BCUT2D eigenvalue weighted by molar-refractivity contribution is 0.0958. The third-order valence-electron chi connectivity index (χ3n) is 7.05. The molecule has 1 atom stereocenters. The van der Waals surface area contributed by atoms with Crippen LogP contribution in [0, 0.1) is 5.82 Å². The number of H-pyrrole nitrogens is 1. The van der Waals surface area contributed by atoms with Gasteiger partial charge in [0.25, 0.3) is 11.5 Å². The molecule has 1 aromatic carbocycles. The van der Waals surface area contributed by atoms with Crippen molar-refractivity contribution >= 4 is 22.4 Å². The Balaban J connectivity index is 1.21. The number of fused-ring (bicyclic) bond motifs is 1. The maximum Gasteiger partial charge on any atom is 0.269 e. The van der Waals surface area contributed by atoms with E-state index >= 15 is 0 Å². The Morgan fingerprint density at radius 3 is 2.70 bits per heavy atom. The zero-order valence-corrected chi connectivity index (χ0v) is 18.7. The highest BCUT2D eigenvalue weighted by Gasteiger charge is 2.32. The summed E-state index contributed by atoms with van der Waals surface area (Å²) in [5, 5.41) is 3.39. The number of pyridine rings is 2. The van der Waals surface area contributed by atoms with E-state index in [-0.39, 0.29) is 22.8 Å². The van der Waals surface area contributed by atoms with Crippen LogP contribution >= 0.6 is 0 Å². The summed E-state index contributed by atoms with van der Waals surface area (Å²) in [6.45, 7) is 3.79. The van der Waals surface area contributed by atoms with Crippen LogP contribution in [0.5, 0.6) is 0 Å². The topological polar surface area (TPSA) is 81.3 Å². The van der Waals surface area contributed by atoms with Crippen molar-refractivity contribution in [3.63, 3.8) is 0 Å². The number of amides is 1. The highest BCUT2D eigenvalue weighted by molar-refractivity contribution is 5.92. The van der Waals surface area contributed by atoms with E-state index in [1.165, 1.54) is 6.07 Å². The summed E-state index contributed by atoms with van der Waals surface area (Å²) < 4.78 is 14.0.